The van der Waals surface area contributed by atoms with Gasteiger partial charge < -0.3 is 5.11 Å². The first-order valence-electron chi connectivity index (χ1n) is 5.23. The number of hydrogen-bond acceptors (Lipinski definition) is 4. The van der Waals surface area contributed by atoms with Gasteiger partial charge in [-0.15, -0.1) is 0 Å². The first-order chi connectivity index (χ1) is 8.27. The van der Waals surface area contributed by atoms with Gasteiger partial charge in [0.15, 0.2) is 0 Å². The van der Waals surface area contributed by atoms with Gasteiger partial charge in [0.25, 0.3) is 0 Å². The van der Waals surface area contributed by atoms with Crippen molar-refractivity contribution in [1.29, 1.82) is 0 Å². The maximum absolute atomic E-state index is 12.0. The van der Waals surface area contributed by atoms with Crippen molar-refractivity contribution in [1.82, 2.24) is 4.72 Å². The zero-order chi connectivity index (χ0) is 13.8. The number of benzene rings is 1. The minimum Gasteiger partial charge on any atom is -0.388 e. The number of thioether (sulfide) groups is 1. The van der Waals surface area contributed by atoms with Crippen molar-refractivity contribution in [2.75, 3.05) is 18.6 Å². The van der Waals surface area contributed by atoms with Gasteiger partial charge in [-0.3, -0.25) is 0 Å². The second kappa shape index (κ2) is 6.38. The predicted octanol–water partition coefficient (Wildman–Crippen LogP) is 1.84. The lowest BCUT2D eigenvalue weighted by atomic mass is 10.1. The molecule has 0 aliphatic carbocycles. The molecule has 0 saturated carbocycles. The third-order valence-corrected chi connectivity index (χ3v) is 5.01. The fourth-order valence-electron chi connectivity index (χ4n) is 1.33. The number of rotatable bonds is 6. The van der Waals surface area contributed by atoms with Crippen LogP contribution in [0.4, 0.5) is 0 Å². The van der Waals surface area contributed by atoms with Crippen molar-refractivity contribution in [3.8, 4) is 0 Å². The van der Waals surface area contributed by atoms with Crippen LogP contribution < -0.4 is 4.72 Å². The smallest absolute Gasteiger partial charge is 0.240 e. The van der Waals surface area contributed by atoms with E-state index in [1.807, 2.05) is 6.26 Å². The Morgan fingerprint density at radius 1 is 1.50 bits per heavy atom. The molecule has 0 aliphatic rings. The fourth-order valence-corrected chi connectivity index (χ4v) is 3.81. The molecule has 1 unspecified atom stereocenters. The molecule has 0 aromatic heterocycles. The normalized spacial score (nSPS) is 15.3. The largest absolute Gasteiger partial charge is 0.388 e. The van der Waals surface area contributed by atoms with Gasteiger partial charge in [0.05, 0.1) is 10.5 Å². The quantitative estimate of drug-likeness (QED) is 0.818. The standard InChI is InChI=1S/C11H16BrNO3S2/c1-11(14,8-17-2)7-13-18(15,16)10-5-3-4-9(12)6-10/h3-6,13-14H,7-8H2,1-2H3. The first-order valence-corrected chi connectivity index (χ1v) is 8.90. The molecule has 102 valence electrons. The lowest BCUT2D eigenvalue weighted by Crippen LogP contribution is -2.42. The monoisotopic (exact) mass is 353 g/mol. The van der Waals surface area contributed by atoms with Crippen LogP contribution >= 0.6 is 27.7 Å². The number of hydrogen-bond donors (Lipinski definition) is 2. The highest BCUT2D eigenvalue weighted by atomic mass is 79.9. The van der Waals surface area contributed by atoms with Gasteiger partial charge in [-0.05, 0) is 31.4 Å². The summed E-state index contributed by atoms with van der Waals surface area (Å²) < 4.78 is 27.1. The van der Waals surface area contributed by atoms with Crippen LogP contribution in [0, 0.1) is 0 Å². The van der Waals surface area contributed by atoms with Crippen LogP contribution in [0.25, 0.3) is 0 Å². The van der Waals surface area contributed by atoms with E-state index in [1.165, 1.54) is 23.9 Å². The zero-order valence-corrected chi connectivity index (χ0v) is 13.4. The Morgan fingerprint density at radius 2 is 2.17 bits per heavy atom. The molecule has 7 heteroatoms. The summed E-state index contributed by atoms with van der Waals surface area (Å²) in [6.07, 6.45) is 1.86. The Bertz CT molecular complexity index is 503. The van der Waals surface area contributed by atoms with Crippen LogP contribution in [0.15, 0.2) is 33.6 Å². The lowest BCUT2D eigenvalue weighted by molar-refractivity contribution is 0.0908. The highest BCUT2D eigenvalue weighted by Gasteiger charge is 2.23. The van der Waals surface area contributed by atoms with Crippen LogP contribution in [0.1, 0.15) is 6.92 Å². The van der Waals surface area contributed by atoms with Gasteiger partial charge in [0.2, 0.25) is 10.0 Å². The Balaban J connectivity index is 2.78. The van der Waals surface area contributed by atoms with E-state index >= 15 is 0 Å². The van der Waals surface area contributed by atoms with Gasteiger partial charge >= 0.3 is 0 Å². The van der Waals surface area contributed by atoms with Gasteiger partial charge in [0, 0.05) is 16.8 Å². The predicted molar refractivity (Wildman–Crippen MR) is 78.3 cm³/mol. The Kier molecular flexibility index (Phi) is 5.67. The van der Waals surface area contributed by atoms with E-state index in [0.29, 0.717) is 10.2 Å². The molecule has 1 aromatic rings. The Labute approximate surface area is 120 Å². The number of sulfonamides is 1. The molecule has 4 nitrogen and oxygen atoms in total. The van der Waals surface area contributed by atoms with Gasteiger partial charge in [-0.2, -0.15) is 11.8 Å². The summed E-state index contributed by atoms with van der Waals surface area (Å²) in [6, 6.07) is 6.43. The van der Waals surface area contributed by atoms with Crippen molar-refractivity contribution < 1.29 is 13.5 Å². The van der Waals surface area contributed by atoms with Gasteiger partial charge in [0.1, 0.15) is 0 Å². The van der Waals surface area contributed by atoms with E-state index in [1.54, 1.807) is 19.1 Å². The summed E-state index contributed by atoms with van der Waals surface area (Å²) in [6.45, 7) is 1.59. The van der Waals surface area contributed by atoms with Crippen molar-refractivity contribution in [3.63, 3.8) is 0 Å². The molecular weight excluding hydrogens is 338 g/mol. The van der Waals surface area contributed by atoms with Gasteiger partial charge in [-0.1, -0.05) is 22.0 Å². The zero-order valence-electron chi connectivity index (χ0n) is 10.2. The molecule has 0 heterocycles. The van der Waals surface area contributed by atoms with E-state index in [4.69, 9.17) is 0 Å². The molecule has 1 rings (SSSR count). The molecule has 2 N–H and O–H groups in total. The molecule has 0 aliphatic heterocycles. The molecule has 18 heavy (non-hydrogen) atoms. The molecule has 1 aromatic carbocycles. The van der Waals surface area contributed by atoms with E-state index in [2.05, 4.69) is 20.7 Å². The average Bonchev–Trinajstić information content (AvgIpc) is 2.27. The number of halogens is 1. The summed E-state index contributed by atoms with van der Waals surface area (Å²) in [5.74, 6) is 0.466. The van der Waals surface area contributed by atoms with Crippen LogP contribution in [-0.4, -0.2) is 37.7 Å². The molecule has 0 saturated heterocycles. The molecule has 0 bridgehead atoms. The number of nitrogens with one attached hydrogen (secondary N) is 1. The molecular formula is C11H16BrNO3S2. The third-order valence-electron chi connectivity index (χ3n) is 2.20. The maximum atomic E-state index is 12.0. The molecule has 0 amide bonds. The second-order valence-corrected chi connectivity index (χ2v) is 7.76. The SMILES string of the molecule is CSCC(C)(O)CNS(=O)(=O)c1cccc(Br)c1. The number of aliphatic hydroxyl groups is 1. The van der Waals surface area contributed by atoms with Crippen LogP contribution in [-0.2, 0) is 10.0 Å². The van der Waals surface area contributed by atoms with Crippen LogP contribution in [0.2, 0.25) is 0 Å². The Morgan fingerprint density at radius 3 is 2.72 bits per heavy atom. The summed E-state index contributed by atoms with van der Waals surface area (Å²) >= 11 is 4.69. The highest BCUT2D eigenvalue weighted by molar-refractivity contribution is 9.10. The minimum absolute atomic E-state index is 0.0112. The van der Waals surface area contributed by atoms with Gasteiger partial charge in [-0.25, -0.2) is 13.1 Å². The maximum Gasteiger partial charge on any atom is 0.240 e. The van der Waals surface area contributed by atoms with Crippen molar-refractivity contribution in [3.05, 3.63) is 28.7 Å². The highest BCUT2D eigenvalue weighted by Crippen LogP contribution is 2.17. The summed E-state index contributed by atoms with van der Waals surface area (Å²) in [7, 11) is -3.58. The van der Waals surface area contributed by atoms with Crippen molar-refractivity contribution in [2.45, 2.75) is 17.4 Å². The molecule has 0 fully saturated rings. The van der Waals surface area contributed by atoms with E-state index in [0.717, 1.165) is 0 Å². The van der Waals surface area contributed by atoms with Crippen molar-refractivity contribution >= 4 is 37.7 Å². The third kappa shape index (κ3) is 4.89. The Hall–Kier alpha value is -0.0800. The fraction of sp³-hybridized carbons (Fsp3) is 0.455. The van der Waals surface area contributed by atoms with E-state index in [9.17, 15) is 13.5 Å². The van der Waals surface area contributed by atoms with Crippen LogP contribution in [0.3, 0.4) is 0 Å². The second-order valence-electron chi connectivity index (χ2n) is 4.21. The lowest BCUT2D eigenvalue weighted by Gasteiger charge is -2.22. The minimum atomic E-state index is -3.58. The van der Waals surface area contributed by atoms with E-state index in [-0.39, 0.29) is 11.4 Å². The summed E-state index contributed by atoms with van der Waals surface area (Å²) in [5.41, 5.74) is -1.06. The van der Waals surface area contributed by atoms with Crippen LogP contribution in [0.5, 0.6) is 0 Å². The molecule has 1 atom stereocenters. The molecule has 0 spiro atoms. The first kappa shape index (κ1) is 16.0. The summed E-state index contributed by atoms with van der Waals surface area (Å²) in [4.78, 5) is 0.178. The summed E-state index contributed by atoms with van der Waals surface area (Å²) in [5, 5.41) is 9.92. The average molecular weight is 354 g/mol. The van der Waals surface area contributed by atoms with E-state index < -0.39 is 15.6 Å². The molecule has 0 radical (unpaired) electrons. The van der Waals surface area contributed by atoms with Crippen molar-refractivity contribution in [2.24, 2.45) is 0 Å². The topological polar surface area (TPSA) is 66.4 Å².